The molecule has 1 aliphatic heterocycles. The highest BCUT2D eigenvalue weighted by Crippen LogP contribution is 2.18. The van der Waals surface area contributed by atoms with Gasteiger partial charge in [-0.05, 0) is 31.0 Å². The second-order valence-electron chi connectivity index (χ2n) is 6.09. The minimum Gasteiger partial charge on any atom is -0.382 e. The van der Waals surface area contributed by atoms with Crippen LogP contribution in [0.15, 0.2) is 23.2 Å². The Labute approximate surface area is 154 Å². The number of rotatable bonds is 8. The highest BCUT2D eigenvalue weighted by Gasteiger charge is 2.24. The first kappa shape index (κ1) is 19.9. The van der Waals surface area contributed by atoms with Crippen molar-refractivity contribution in [3.8, 4) is 0 Å². The molecule has 0 radical (unpaired) electrons. The van der Waals surface area contributed by atoms with Crippen molar-refractivity contribution in [3.63, 3.8) is 0 Å². The maximum atomic E-state index is 13.2. The number of halogens is 2. The Hall–Kier alpha value is -1.37. The van der Waals surface area contributed by atoms with Gasteiger partial charge in [0, 0.05) is 32.7 Å². The quantitative estimate of drug-likeness (QED) is 0.433. The third-order valence-electron chi connectivity index (χ3n) is 4.10. The Balaban J connectivity index is 1.90. The largest absolute Gasteiger partial charge is 0.382 e. The van der Waals surface area contributed by atoms with E-state index < -0.39 is 5.82 Å². The number of methoxy groups -OCH3 is 1. The Morgan fingerprint density at radius 3 is 3.00 bits per heavy atom. The van der Waals surface area contributed by atoms with Gasteiger partial charge < -0.3 is 19.7 Å². The summed E-state index contributed by atoms with van der Waals surface area (Å²) < 4.78 is 23.9. The number of hydrogen-bond donors (Lipinski definition) is 1. The van der Waals surface area contributed by atoms with Crippen LogP contribution < -0.4 is 5.32 Å². The van der Waals surface area contributed by atoms with Crippen LogP contribution in [0.25, 0.3) is 0 Å². The molecular weight excluding hydrogens is 345 g/mol. The zero-order valence-corrected chi connectivity index (χ0v) is 15.7. The van der Waals surface area contributed by atoms with E-state index in [2.05, 4.69) is 15.2 Å². The summed E-state index contributed by atoms with van der Waals surface area (Å²) in [5, 5.41) is 3.46. The molecule has 0 bridgehead atoms. The van der Waals surface area contributed by atoms with Crippen LogP contribution in [0.3, 0.4) is 0 Å². The van der Waals surface area contributed by atoms with Gasteiger partial charge in [-0.15, -0.1) is 0 Å². The van der Waals surface area contributed by atoms with E-state index in [1.54, 1.807) is 19.2 Å². The van der Waals surface area contributed by atoms with E-state index in [0.29, 0.717) is 25.7 Å². The van der Waals surface area contributed by atoms with Gasteiger partial charge in [-0.25, -0.2) is 9.38 Å². The molecule has 1 unspecified atom stereocenters. The molecule has 1 aromatic rings. The van der Waals surface area contributed by atoms with E-state index in [1.165, 1.54) is 6.07 Å². The van der Waals surface area contributed by atoms with Gasteiger partial charge in [0.25, 0.3) is 0 Å². The van der Waals surface area contributed by atoms with Crippen molar-refractivity contribution in [2.24, 2.45) is 10.9 Å². The summed E-state index contributed by atoms with van der Waals surface area (Å²) in [6, 6.07) is 4.72. The number of aliphatic imine (C=N–C) groups is 1. The summed E-state index contributed by atoms with van der Waals surface area (Å²) in [5.74, 6) is 0.973. The lowest BCUT2D eigenvalue weighted by Crippen LogP contribution is -2.40. The van der Waals surface area contributed by atoms with Crippen molar-refractivity contribution in [1.29, 1.82) is 0 Å². The van der Waals surface area contributed by atoms with Gasteiger partial charge in [0.2, 0.25) is 0 Å². The fraction of sp³-hybridized carbons (Fsp3) is 0.611. The summed E-state index contributed by atoms with van der Waals surface area (Å²) in [5.41, 5.74) is 0.889. The van der Waals surface area contributed by atoms with Crippen LogP contribution in [-0.2, 0) is 16.0 Å². The highest BCUT2D eigenvalue weighted by molar-refractivity contribution is 6.30. The number of likely N-dealkylation sites (tertiary alicyclic amines) is 1. The average molecular weight is 372 g/mol. The number of guanidine groups is 1. The van der Waals surface area contributed by atoms with Crippen molar-refractivity contribution in [1.82, 2.24) is 10.2 Å². The minimum absolute atomic E-state index is 0.132. The van der Waals surface area contributed by atoms with Gasteiger partial charge in [0.05, 0.1) is 31.4 Å². The van der Waals surface area contributed by atoms with E-state index in [1.807, 2.05) is 6.92 Å². The van der Waals surface area contributed by atoms with Crippen LogP contribution >= 0.6 is 11.6 Å². The van der Waals surface area contributed by atoms with E-state index in [4.69, 9.17) is 21.1 Å². The molecular formula is C18H27ClFN3O2. The van der Waals surface area contributed by atoms with E-state index in [9.17, 15) is 4.39 Å². The molecule has 1 heterocycles. The molecule has 1 saturated heterocycles. The molecule has 25 heavy (non-hydrogen) atoms. The second kappa shape index (κ2) is 10.6. The van der Waals surface area contributed by atoms with Gasteiger partial charge in [-0.2, -0.15) is 0 Å². The van der Waals surface area contributed by atoms with Crippen molar-refractivity contribution < 1.29 is 13.9 Å². The van der Waals surface area contributed by atoms with Crippen LogP contribution in [0, 0.1) is 11.7 Å². The first-order valence-electron chi connectivity index (χ1n) is 8.68. The third kappa shape index (κ3) is 6.45. The zero-order valence-electron chi connectivity index (χ0n) is 14.9. The van der Waals surface area contributed by atoms with Gasteiger partial charge >= 0.3 is 0 Å². The predicted molar refractivity (Wildman–Crippen MR) is 98.6 cm³/mol. The molecule has 1 aromatic carbocycles. The van der Waals surface area contributed by atoms with E-state index in [0.717, 1.165) is 44.2 Å². The van der Waals surface area contributed by atoms with Crippen molar-refractivity contribution in [2.75, 3.05) is 46.6 Å². The first-order chi connectivity index (χ1) is 12.1. The van der Waals surface area contributed by atoms with Gasteiger partial charge in [0.1, 0.15) is 5.82 Å². The molecule has 0 saturated carbocycles. The number of nitrogens with one attached hydrogen (secondary N) is 1. The molecule has 1 aliphatic rings. The molecule has 2 rings (SSSR count). The normalized spacial score (nSPS) is 18.0. The molecule has 1 N–H and O–H groups in total. The summed E-state index contributed by atoms with van der Waals surface area (Å²) in [6.45, 7) is 7.19. The lowest BCUT2D eigenvalue weighted by Gasteiger charge is -2.21. The molecule has 0 aliphatic carbocycles. The zero-order chi connectivity index (χ0) is 18.1. The van der Waals surface area contributed by atoms with Crippen molar-refractivity contribution >= 4 is 17.6 Å². The number of nitrogens with zero attached hydrogens (tertiary/aromatic N) is 2. The summed E-state index contributed by atoms with van der Waals surface area (Å²) >= 11 is 5.84. The molecule has 1 fully saturated rings. The van der Waals surface area contributed by atoms with Crippen molar-refractivity contribution in [3.05, 3.63) is 34.6 Å². The highest BCUT2D eigenvalue weighted by atomic mass is 35.5. The van der Waals surface area contributed by atoms with Crippen LogP contribution in [0.2, 0.25) is 5.02 Å². The standard InChI is InChI=1S/C18H27ClFN3O2/c1-3-21-18(22-11-14-4-5-17(20)16(19)10-14)23-7-6-15(12-23)13-25-9-8-24-2/h4-5,10,15H,3,6-9,11-13H2,1-2H3,(H,21,22). The second-order valence-corrected chi connectivity index (χ2v) is 6.49. The Kier molecular flexibility index (Phi) is 8.44. The molecule has 0 spiro atoms. The molecule has 0 aromatic heterocycles. The fourth-order valence-corrected chi connectivity index (χ4v) is 2.99. The lowest BCUT2D eigenvalue weighted by molar-refractivity contribution is 0.0536. The maximum absolute atomic E-state index is 13.2. The first-order valence-corrected chi connectivity index (χ1v) is 9.05. The number of benzene rings is 1. The summed E-state index contributed by atoms with van der Waals surface area (Å²) in [7, 11) is 1.67. The van der Waals surface area contributed by atoms with E-state index in [-0.39, 0.29) is 5.02 Å². The number of ether oxygens (including phenoxy) is 2. The van der Waals surface area contributed by atoms with Gasteiger partial charge in [-0.3, -0.25) is 0 Å². The summed E-state index contributed by atoms with van der Waals surface area (Å²) in [6.07, 6.45) is 1.08. The lowest BCUT2D eigenvalue weighted by atomic mass is 10.1. The van der Waals surface area contributed by atoms with Gasteiger partial charge in [-0.1, -0.05) is 17.7 Å². The van der Waals surface area contributed by atoms with Crippen LogP contribution in [0.1, 0.15) is 18.9 Å². The number of hydrogen-bond acceptors (Lipinski definition) is 3. The van der Waals surface area contributed by atoms with Crippen molar-refractivity contribution in [2.45, 2.75) is 19.9 Å². The monoisotopic (exact) mass is 371 g/mol. The average Bonchev–Trinajstić information content (AvgIpc) is 3.07. The predicted octanol–water partition coefficient (Wildman–Crippen LogP) is 2.93. The maximum Gasteiger partial charge on any atom is 0.194 e. The Morgan fingerprint density at radius 2 is 2.28 bits per heavy atom. The topological polar surface area (TPSA) is 46.1 Å². The summed E-state index contributed by atoms with van der Waals surface area (Å²) in [4.78, 5) is 6.92. The SMILES string of the molecule is CCNC(=NCc1ccc(F)c(Cl)c1)N1CCC(COCCOC)C1. The molecule has 1 atom stereocenters. The van der Waals surface area contributed by atoms with Crippen LogP contribution in [0.4, 0.5) is 4.39 Å². The Bertz CT molecular complexity index is 571. The molecule has 140 valence electrons. The molecule has 0 amide bonds. The van der Waals surface area contributed by atoms with Gasteiger partial charge in [0.15, 0.2) is 5.96 Å². The molecule has 7 heteroatoms. The van der Waals surface area contributed by atoms with E-state index >= 15 is 0 Å². The third-order valence-corrected chi connectivity index (χ3v) is 4.39. The smallest absolute Gasteiger partial charge is 0.194 e. The minimum atomic E-state index is -0.405. The van der Waals surface area contributed by atoms with Crippen LogP contribution in [0.5, 0.6) is 0 Å². The fourth-order valence-electron chi connectivity index (χ4n) is 2.78. The Morgan fingerprint density at radius 1 is 1.44 bits per heavy atom. The van der Waals surface area contributed by atoms with Crippen LogP contribution in [-0.4, -0.2) is 57.4 Å². The molecule has 5 nitrogen and oxygen atoms in total.